The van der Waals surface area contributed by atoms with Crippen molar-refractivity contribution in [1.29, 1.82) is 5.26 Å². The average molecular weight is 435 g/mol. The summed E-state index contributed by atoms with van der Waals surface area (Å²) in [6.45, 7) is 1.93. The number of nitriles is 1. The Kier molecular flexibility index (Phi) is 5.57. The Labute approximate surface area is 182 Å². The smallest absolute Gasteiger partial charge is 0.274 e. The highest BCUT2D eigenvalue weighted by molar-refractivity contribution is 8.08. The highest BCUT2D eigenvalue weighted by Gasteiger charge is 2.21. The van der Waals surface area contributed by atoms with Gasteiger partial charge >= 0.3 is 0 Å². The minimum Gasteiger partial charge on any atom is -0.357 e. The fraction of sp³-hybridized carbons (Fsp3) is 0.0476. The molecule has 2 heterocycles. The number of rotatable bonds is 4. The second-order valence-electron chi connectivity index (χ2n) is 6.34. The molecule has 3 N–H and O–H groups in total. The number of anilines is 3. The van der Waals surface area contributed by atoms with Gasteiger partial charge in [0.2, 0.25) is 5.95 Å². The number of allylic oxidation sites excluding steroid dienone is 1. The molecule has 0 aliphatic carbocycles. The summed E-state index contributed by atoms with van der Waals surface area (Å²) in [5.41, 5.74) is 3.09. The molecule has 4 rings (SSSR count). The van der Waals surface area contributed by atoms with Crippen LogP contribution in [0.15, 0.2) is 65.2 Å². The van der Waals surface area contributed by atoms with Gasteiger partial charge < -0.3 is 10.6 Å². The highest BCUT2D eigenvalue weighted by atomic mass is 35.5. The molecule has 7 nitrogen and oxygen atoms in total. The molecule has 2 aromatic carbocycles. The van der Waals surface area contributed by atoms with Crippen molar-refractivity contribution in [2.75, 3.05) is 16.0 Å². The van der Waals surface area contributed by atoms with Gasteiger partial charge in [-0.3, -0.25) is 10.1 Å². The molecule has 30 heavy (non-hydrogen) atoms. The summed E-state index contributed by atoms with van der Waals surface area (Å²) in [5.74, 6) is -0.389. The van der Waals surface area contributed by atoms with Crippen molar-refractivity contribution in [1.82, 2.24) is 9.97 Å². The molecule has 0 radical (unpaired) electrons. The average Bonchev–Trinajstić information content (AvgIpc) is 2.73. The van der Waals surface area contributed by atoms with E-state index in [4.69, 9.17) is 16.9 Å². The molecule has 3 aromatic rings. The first-order valence-corrected chi connectivity index (χ1v) is 10.1. The van der Waals surface area contributed by atoms with E-state index in [9.17, 15) is 4.79 Å². The molecule has 0 unspecified atom stereocenters. The number of nitrogens with one attached hydrogen (secondary N) is 3. The molecule has 9 heteroatoms. The molecule has 1 aliphatic rings. The minimum atomic E-state index is -0.436. The van der Waals surface area contributed by atoms with E-state index in [1.165, 1.54) is 11.8 Å². The Morgan fingerprint density at radius 1 is 1.17 bits per heavy atom. The first kappa shape index (κ1) is 19.8. The van der Waals surface area contributed by atoms with Crippen molar-refractivity contribution < 1.29 is 4.79 Å². The fourth-order valence-corrected chi connectivity index (χ4v) is 4.09. The molecule has 0 saturated heterocycles. The Morgan fingerprint density at radius 3 is 2.80 bits per heavy atom. The summed E-state index contributed by atoms with van der Waals surface area (Å²) in [5, 5.41) is 18.1. The zero-order valence-electron chi connectivity index (χ0n) is 15.7. The standard InChI is InChI=1S/C21H15ClN6OS/c1-12-19(30-18-8-3-2-7-15(18)25-12)16-10-17(28-21(27-16)24-11-23)20(29)26-14-6-4-5-13(22)9-14/h2-10,25H,1H3,(H,26,29)(H,24,27,28). The first-order valence-electron chi connectivity index (χ1n) is 8.90. The third-order valence-electron chi connectivity index (χ3n) is 4.20. The van der Waals surface area contributed by atoms with Gasteiger partial charge in [-0.25, -0.2) is 9.97 Å². The number of benzene rings is 2. The third kappa shape index (κ3) is 4.22. The Balaban J connectivity index is 1.70. The van der Waals surface area contributed by atoms with Gasteiger partial charge in [0.1, 0.15) is 5.69 Å². The van der Waals surface area contributed by atoms with Crippen LogP contribution in [0, 0.1) is 11.5 Å². The van der Waals surface area contributed by atoms with Crippen molar-refractivity contribution in [2.24, 2.45) is 0 Å². The van der Waals surface area contributed by atoms with E-state index in [-0.39, 0.29) is 11.6 Å². The summed E-state index contributed by atoms with van der Waals surface area (Å²) in [6.07, 6.45) is 1.80. The molecular weight excluding hydrogens is 420 g/mol. The van der Waals surface area contributed by atoms with Crippen LogP contribution < -0.4 is 16.0 Å². The molecule has 0 atom stereocenters. The van der Waals surface area contributed by atoms with Gasteiger partial charge in [-0.1, -0.05) is 41.6 Å². The van der Waals surface area contributed by atoms with Crippen molar-refractivity contribution in [3.05, 3.63) is 76.7 Å². The number of aromatic nitrogens is 2. The normalized spacial score (nSPS) is 12.4. The number of carbonyl (C=O) groups is 1. The van der Waals surface area contributed by atoms with Crippen LogP contribution in [-0.4, -0.2) is 15.9 Å². The summed E-state index contributed by atoms with van der Waals surface area (Å²) >= 11 is 7.52. The lowest BCUT2D eigenvalue weighted by molar-refractivity contribution is 0.102. The van der Waals surface area contributed by atoms with Gasteiger partial charge in [0.25, 0.3) is 5.91 Å². The monoisotopic (exact) mass is 434 g/mol. The number of amides is 1. The largest absolute Gasteiger partial charge is 0.357 e. The lowest BCUT2D eigenvalue weighted by atomic mass is 10.2. The van der Waals surface area contributed by atoms with E-state index < -0.39 is 5.91 Å². The van der Waals surface area contributed by atoms with E-state index in [0.29, 0.717) is 16.4 Å². The van der Waals surface area contributed by atoms with Crippen molar-refractivity contribution in [2.45, 2.75) is 11.8 Å². The second kappa shape index (κ2) is 8.45. The Hall–Kier alpha value is -3.54. The van der Waals surface area contributed by atoms with E-state index in [1.807, 2.05) is 31.2 Å². The van der Waals surface area contributed by atoms with E-state index in [2.05, 4.69) is 25.9 Å². The van der Waals surface area contributed by atoms with Crippen LogP contribution in [0.4, 0.5) is 17.3 Å². The van der Waals surface area contributed by atoms with Crippen molar-refractivity contribution in [3.63, 3.8) is 0 Å². The van der Waals surface area contributed by atoms with Crippen LogP contribution in [0.25, 0.3) is 4.91 Å². The van der Waals surface area contributed by atoms with Crippen LogP contribution in [0.5, 0.6) is 0 Å². The van der Waals surface area contributed by atoms with Crippen molar-refractivity contribution in [3.8, 4) is 6.19 Å². The summed E-state index contributed by atoms with van der Waals surface area (Å²) in [7, 11) is 0. The quantitative estimate of drug-likeness (QED) is 0.384. The van der Waals surface area contributed by atoms with Crippen LogP contribution in [0.3, 0.4) is 0 Å². The molecule has 0 spiro atoms. The number of carbonyl (C=O) groups excluding carboxylic acids is 1. The number of fused-ring (bicyclic) bond motifs is 1. The topological polar surface area (TPSA) is 103 Å². The van der Waals surface area contributed by atoms with Gasteiger partial charge in [0, 0.05) is 21.3 Å². The van der Waals surface area contributed by atoms with E-state index >= 15 is 0 Å². The SMILES string of the molecule is CC1=C(c2cc(C(=O)Nc3cccc(Cl)c3)nc(NC#N)n2)Sc2ccccc2N1. The minimum absolute atomic E-state index is 0.0472. The predicted octanol–water partition coefficient (Wildman–Crippen LogP) is 5.18. The number of para-hydroxylation sites is 1. The summed E-state index contributed by atoms with van der Waals surface area (Å²) < 4.78 is 0. The number of hydrogen-bond donors (Lipinski definition) is 3. The summed E-state index contributed by atoms with van der Waals surface area (Å²) in [4.78, 5) is 23.3. The zero-order valence-corrected chi connectivity index (χ0v) is 17.3. The highest BCUT2D eigenvalue weighted by Crippen LogP contribution is 2.44. The van der Waals surface area contributed by atoms with Crippen LogP contribution in [-0.2, 0) is 0 Å². The molecule has 1 aliphatic heterocycles. The lowest BCUT2D eigenvalue weighted by Gasteiger charge is -2.22. The molecule has 1 aromatic heterocycles. The van der Waals surface area contributed by atoms with E-state index in [1.54, 1.807) is 36.5 Å². The molecule has 0 fully saturated rings. The maximum absolute atomic E-state index is 12.8. The van der Waals surface area contributed by atoms with Crippen LogP contribution >= 0.6 is 23.4 Å². The number of hydrogen-bond acceptors (Lipinski definition) is 7. The molecule has 148 valence electrons. The van der Waals surface area contributed by atoms with Gasteiger partial charge in [0.15, 0.2) is 6.19 Å². The maximum atomic E-state index is 12.8. The van der Waals surface area contributed by atoms with Gasteiger partial charge in [-0.05, 0) is 43.3 Å². The molecule has 0 saturated carbocycles. The zero-order chi connectivity index (χ0) is 21.1. The molecule has 0 bridgehead atoms. The van der Waals surface area contributed by atoms with Crippen LogP contribution in [0.2, 0.25) is 5.02 Å². The predicted molar refractivity (Wildman–Crippen MR) is 119 cm³/mol. The van der Waals surface area contributed by atoms with Crippen molar-refractivity contribution >= 4 is 51.5 Å². The number of halogens is 1. The van der Waals surface area contributed by atoms with Crippen LogP contribution in [0.1, 0.15) is 23.1 Å². The Bertz CT molecular complexity index is 1220. The lowest BCUT2D eigenvalue weighted by Crippen LogP contribution is -2.16. The third-order valence-corrected chi connectivity index (χ3v) is 5.73. The number of thioether (sulfide) groups is 1. The molecular formula is C21H15ClN6OS. The fourth-order valence-electron chi connectivity index (χ4n) is 2.90. The molecule has 1 amide bonds. The van der Waals surface area contributed by atoms with E-state index in [0.717, 1.165) is 21.2 Å². The van der Waals surface area contributed by atoms with Gasteiger partial charge in [-0.2, -0.15) is 5.26 Å². The summed E-state index contributed by atoms with van der Waals surface area (Å²) in [6, 6.07) is 16.3. The number of nitrogens with zero attached hydrogens (tertiary/aromatic N) is 3. The maximum Gasteiger partial charge on any atom is 0.274 e. The second-order valence-corrected chi connectivity index (χ2v) is 7.83. The first-order chi connectivity index (χ1) is 14.5. The Morgan fingerprint density at radius 2 is 2.00 bits per heavy atom. The van der Waals surface area contributed by atoms with Gasteiger partial charge in [-0.15, -0.1) is 0 Å². The van der Waals surface area contributed by atoms with Gasteiger partial charge in [0.05, 0.1) is 16.3 Å².